The molecule has 0 atom stereocenters. The second kappa shape index (κ2) is 2.05. The monoisotopic (exact) mass is 161 g/mol. The van der Waals surface area contributed by atoms with Crippen LogP contribution in [0.15, 0.2) is 11.3 Å². The van der Waals surface area contributed by atoms with Crippen molar-refractivity contribution >= 4 is 20.8 Å². The summed E-state index contributed by atoms with van der Waals surface area (Å²) in [5, 5.41) is 1.77. The van der Waals surface area contributed by atoms with Crippen molar-refractivity contribution in [3.8, 4) is 0 Å². The van der Waals surface area contributed by atoms with Gasteiger partial charge in [-0.3, -0.25) is 0 Å². The van der Waals surface area contributed by atoms with Crippen molar-refractivity contribution in [1.82, 2.24) is 4.98 Å². The Morgan fingerprint density at radius 1 is 1.86 bits per heavy atom. The molecular formula is C4H3NOSe. The molecule has 1 aromatic rings. The van der Waals surface area contributed by atoms with Crippen LogP contribution >= 0.6 is 0 Å². The Morgan fingerprint density at radius 3 is 3.00 bits per heavy atom. The van der Waals surface area contributed by atoms with E-state index in [2.05, 4.69) is 4.98 Å². The fraction of sp³-hybridized carbons (Fsp3) is 0. The van der Waals surface area contributed by atoms with E-state index >= 15 is 0 Å². The summed E-state index contributed by atoms with van der Waals surface area (Å²) < 4.78 is 0.826. The van der Waals surface area contributed by atoms with Crippen LogP contribution < -0.4 is 0 Å². The van der Waals surface area contributed by atoms with Gasteiger partial charge < -0.3 is 0 Å². The summed E-state index contributed by atoms with van der Waals surface area (Å²) in [6, 6.07) is 0. The molecule has 0 aromatic carbocycles. The molecule has 36 valence electrons. The van der Waals surface area contributed by atoms with Gasteiger partial charge in [-0.2, -0.15) is 0 Å². The van der Waals surface area contributed by atoms with Crippen LogP contribution in [0, 0.1) is 0 Å². The van der Waals surface area contributed by atoms with Crippen LogP contribution in [0.1, 0.15) is 9.23 Å². The number of aldehydes is 1. The molecule has 0 radical (unpaired) electrons. The van der Waals surface area contributed by atoms with Gasteiger partial charge in [-0.05, 0) is 0 Å². The summed E-state index contributed by atoms with van der Waals surface area (Å²) in [4.78, 5) is 13.6. The molecular weight excluding hydrogens is 157 g/mol. The molecule has 0 N–H and O–H groups in total. The number of hydrogen-bond acceptors (Lipinski definition) is 2. The SMILES string of the molecule is O=Cc1cnc[se]1. The first-order valence-electron chi connectivity index (χ1n) is 1.77. The van der Waals surface area contributed by atoms with E-state index in [0.29, 0.717) is 0 Å². The molecule has 2 nitrogen and oxygen atoms in total. The van der Waals surface area contributed by atoms with Crippen molar-refractivity contribution in [3.63, 3.8) is 0 Å². The molecule has 0 aliphatic carbocycles. The third-order valence-corrected chi connectivity index (χ3v) is 2.04. The van der Waals surface area contributed by atoms with E-state index in [1.165, 1.54) is 0 Å². The van der Waals surface area contributed by atoms with E-state index in [4.69, 9.17) is 0 Å². The van der Waals surface area contributed by atoms with Crippen LogP contribution in [0.25, 0.3) is 0 Å². The fourth-order valence-electron chi connectivity index (χ4n) is 0.284. The number of nitrogens with zero attached hydrogens (tertiary/aromatic N) is 1. The molecule has 0 spiro atoms. The second-order valence-electron chi connectivity index (χ2n) is 1.02. The Kier molecular flexibility index (Phi) is 1.39. The summed E-state index contributed by atoms with van der Waals surface area (Å²) in [6.07, 6.45) is 2.46. The zero-order chi connectivity index (χ0) is 5.11. The average Bonchev–Trinajstić information content (AvgIpc) is 2.14. The van der Waals surface area contributed by atoms with E-state index in [9.17, 15) is 4.79 Å². The van der Waals surface area contributed by atoms with Gasteiger partial charge in [-0.1, -0.05) is 0 Å². The fourth-order valence-corrected chi connectivity index (χ4v) is 1.17. The van der Waals surface area contributed by atoms with Crippen molar-refractivity contribution in [2.45, 2.75) is 0 Å². The summed E-state index contributed by atoms with van der Waals surface area (Å²) in [5.41, 5.74) is 0. The molecule has 1 rings (SSSR count). The van der Waals surface area contributed by atoms with Crippen molar-refractivity contribution in [2.24, 2.45) is 0 Å². The molecule has 1 heterocycles. The molecule has 1 aromatic heterocycles. The van der Waals surface area contributed by atoms with Crippen LogP contribution in [-0.4, -0.2) is 25.8 Å². The van der Waals surface area contributed by atoms with Gasteiger partial charge in [0.1, 0.15) is 0 Å². The van der Waals surface area contributed by atoms with Crippen LogP contribution in [0.4, 0.5) is 0 Å². The van der Waals surface area contributed by atoms with Crippen molar-refractivity contribution in [2.75, 3.05) is 0 Å². The Labute approximate surface area is 46.9 Å². The van der Waals surface area contributed by atoms with E-state index < -0.39 is 0 Å². The average molecular weight is 160 g/mol. The van der Waals surface area contributed by atoms with Gasteiger partial charge in [0.05, 0.1) is 0 Å². The zero-order valence-electron chi connectivity index (χ0n) is 3.50. The van der Waals surface area contributed by atoms with Crippen molar-refractivity contribution < 1.29 is 4.79 Å². The maximum absolute atomic E-state index is 9.87. The molecule has 0 unspecified atom stereocenters. The first-order valence-corrected chi connectivity index (χ1v) is 3.61. The molecule has 0 aliphatic rings. The third-order valence-electron chi connectivity index (χ3n) is 0.568. The van der Waals surface area contributed by atoms with Crippen LogP contribution in [-0.2, 0) is 0 Å². The summed E-state index contributed by atoms with van der Waals surface area (Å²) >= 11 is 0.238. The normalized spacial score (nSPS) is 8.57. The molecule has 0 saturated heterocycles. The molecule has 3 heteroatoms. The van der Waals surface area contributed by atoms with Gasteiger partial charge in [-0.25, -0.2) is 0 Å². The second-order valence-corrected chi connectivity index (χ2v) is 2.95. The molecule has 0 bridgehead atoms. The molecule has 7 heavy (non-hydrogen) atoms. The van der Waals surface area contributed by atoms with Crippen LogP contribution in [0.2, 0.25) is 0 Å². The van der Waals surface area contributed by atoms with Crippen molar-refractivity contribution in [1.29, 1.82) is 0 Å². The Bertz CT molecular complexity index is 147. The predicted molar refractivity (Wildman–Crippen MR) is 26.6 cm³/mol. The van der Waals surface area contributed by atoms with Gasteiger partial charge in [-0.15, -0.1) is 0 Å². The number of carbonyl (C=O) groups excluding carboxylic acids is 1. The minimum atomic E-state index is 0.238. The van der Waals surface area contributed by atoms with Gasteiger partial charge in [0, 0.05) is 0 Å². The minimum absolute atomic E-state index is 0.238. The molecule has 0 fully saturated rings. The molecule has 0 aliphatic heterocycles. The Balaban J connectivity index is 2.96. The number of hydrogen-bond donors (Lipinski definition) is 0. The third kappa shape index (κ3) is 0.981. The van der Waals surface area contributed by atoms with Crippen LogP contribution in [0.3, 0.4) is 0 Å². The van der Waals surface area contributed by atoms with Crippen molar-refractivity contribution in [3.05, 3.63) is 15.7 Å². The maximum atomic E-state index is 9.87. The van der Waals surface area contributed by atoms with E-state index in [-0.39, 0.29) is 14.5 Å². The topological polar surface area (TPSA) is 30.0 Å². The van der Waals surface area contributed by atoms with Gasteiger partial charge >= 0.3 is 46.3 Å². The summed E-state index contributed by atoms with van der Waals surface area (Å²) in [7, 11) is 0. The zero-order valence-corrected chi connectivity index (χ0v) is 5.21. The van der Waals surface area contributed by atoms with Gasteiger partial charge in [0.25, 0.3) is 0 Å². The standard InChI is InChI=1S/C4H3NOSe/c6-2-4-1-5-3-7-4/h1-3H. The van der Waals surface area contributed by atoms with E-state index in [1.54, 1.807) is 11.3 Å². The summed E-state index contributed by atoms with van der Waals surface area (Å²) in [6.45, 7) is 0. The van der Waals surface area contributed by atoms with Gasteiger partial charge in [0.2, 0.25) is 0 Å². The first-order chi connectivity index (χ1) is 3.43. The van der Waals surface area contributed by atoms with E-state index in [1.807, 2.05) is 0 Å². The van der Waals surface area contributed by atoms with E-state index in [0.717, 1.165) is 10.7 Å². The number of rotatable bonds is 1. The molecule has 0 amide bonds. The summed E-state index contributed by atoms with van der Waals surface area (Å²) in [5.74, 6) is 0. The number of aromatic nitrogens is 1. The number of carbonyl (C=O) groups is 1. The first kappa shape index (κ1) is 4.75. The Morgan fingerprint density at radius 2 is 2.71 bits per heavy atom. The van der Waals surface area contributed by atoms with Gasteiger partial charge in [0.15, 0.2) is 0 Å². The Hall–Kier alpha value is -0.401. The van der Waals surface area contributed by atoms with Crippen LogP contribution in [0.5, 0.6) is 0 Å². The predicted octanol–water partition coefficient (Wildman–Crippen LogP) is -0.0489. The molecule has 0 saturated carbocycles. The quantitative estimate of drug-likeness (QED) is 0.426.